The van der Waals surface area contributed by atoms with Crippen molar-refractivity contribution in [1.82, 2.24) is 0 Å². The molecule has 19 heavy (non-hydrogen) atoms. The molecule has 0 saturated carbocycles. The molecule has 0 aromatic heterocycles. The second-order valence-electron chi connectivity index (χ2n) is 4.44. The highest BCUT2D eigenvalue weighted by atomic mass is 32.2. The number of phenols is 2. The Hall–Kier alpha value is -1.81. The lowest BCUT2D eigenvalue weighted by Gasteiger charge is -2.07. The molecular weight excluding hydrogens is 258 g/mol. The van der Waals surface area contributed by atoms with Crippen LogP contribution in [0.2, 0.25) is 0 Å². The summed E-state index contributed by atoms with van der Waals surface area (Å²) in [5, 5.41) is 19.0. The lowest BCUT2D eigenvalue weighted by molar-refractivity contribution is 0.448. The molecule has 0 bridgehead atoms. The van der Waals surface area contributed by atoms with Crippen LogP contribution in [0.1, 0.15) is 11.1 Å². The van der Waals surface area contributed by atoms with E-state index in [2.05, 4.69) is 6.07 Å². The highest BCUT2D eigenvalue weighted by molar-refractivity contribution is 7.99. The van der Waals surface area contributed by atoms with Crippen LogP contribution in [0.15, 0.2) is 41.3 Å². The van der Waals surface area contributed by atoms with Crippen molar-refractivity contribution in [2.75, 3.05) is 11.5 Å². The average Bonchev–Trinajstić information content (AvgIpc) is 2.38. The van der Waals surface area contributed by atoms with E-state index in [1.165, 1.54) is 29.5 Å². The Balaban J connectivity index is 1.96. The van der Waals surface area contributed by atoms with Crippen molar-refractivity contribution in [2.45, 2.75) is 18.2 Å². The smallest absolute Gasteiger partial charge is 0.129 e. The molecule has 0 spiro atoms. The van der Waals surface area contributed by atoms with E-state index in [-0.39, 0.29) is 11.5 Å². The van der Waals surface area contributed by atoms with Gasteiger partial charge >= 0.3 is 0 Å². The van der Waals surface area contributed by atoms with Gasteiger partial charge in [-0.15, -0.1) is 11.8 Å². The number of nitrogen functional groups attached to an aromatic ring is 1. The predicted octanol–water partition coefficient (Wildman–Crippen LogP) is 3.32. The lowest BCUT2D eigenvalue weighted by atomic mass is 10.1. The van der Waals surface area contributed by atoms with Crippen LogP contribution in [-0.4, -0.2) is 16.0 Å². The molecule has 4 N–H and O–H groups in total. The summed E-state index contributed by atoms with van der Waals surface area (Å²) in [7, 11) is 0. The van der Waals surface area contributed by atoms with Gasteiger partial charge in [0.25, 0.3) is 0 Å². The first-order chi connectivity index (χ1) is 9.06. The van der Waals surface area contributed by atoms with Crippen LogP contribution < -0.4 is 5.73 Å². The number of phenolic OH excluding ortho intramolecular Hbond substituents is 2. The maximum absolute atomic E-state index is 9.66. The topological polar surface area (TPSA) is 66.5 Å². The fourth-order valence-corrected chi connectivity index (χ4v) is 2.77. The third-order valence-corrected chi connectivity index (χ3v) is 3.97. The molecule has 0 fully saturated rings. The number of aromatic hydroxyl groups is 2. The summed E-state index contributed by atoms with van der Waals surface area (Å²) in [4.78, 5) is 0.701. The Morgan fingerprint density at radius 3 is 2.63 bits per heavy atom. The van der Waals surface area contributed by atoms with Gasteiger partial charge in [-0.25, -0.2) is 0 Å². The van der Waals surface area contributed by atoms with Crippen molar-refractivity contribution >= 4 is 17.4 Å². The fraction of sp³-hybridized carbons (Fsp3) is 0.200. The van der Waals surface area contributed by atoms with Gasteiger partial charge in [-0.2, -0.15) is 0 Å². The van der Waals surface area contributed by atoms with Crippen LogP contribution in [0.4, 0.5) is 5.69 Å². The molecule has 100 valence electrons. The summed E-state index contributed by atoms with van der Waals surface area (Å²) >= 11 is 1.52. The van der Waals surface area contributed by atoms with Gasteiger partial charge in [0.2, 0.25) is 0 Å². The zero-order chi connectivity index (χ0) is 13.8. The van der Waals surface area contributed by atoms with Crippen LogP contribution in [-0.2, 0) is 6.42 Å². The summed E-state index contributed by atoms with van der Waals surface area (Å²) in [6, 6.07) is 10.6. The first-order valence-corrected chi connectivity index (χ1v) is 7.04. The summed E-state index contributed by atoms with van der Waals surface area (Å²) in [6.45, 7) is 1.99. The molecule has 2 aromatic carbocycles. The molecule has 0 aliphatic carbocycles. The molecule has 0 aliphatic heterocycles. The van der Waals surface area contributed by atoms with Crippen LogP contribution in [0.5, 0.6) is 11.5 Å². The van der Waals surface area contributed by atoms with Gasteiger partial charge in [-0.05, 0) is 48.7 Å². The Kier molecular flexibility index (Phi) is 4.22. The van der Waals surface area contributed by atoms with Crippen molar-refractivity contribution in [1.29, 1.82) is 0 Å². The van der Waals surface area contributed by atoms with Crippen LogP contribution >= 0.6 is 11.8 Å². The van der Waals surface area contributed by atoms with Gasteiger partial charge in [0.15, 0.2) is 0 Å². The Morgan fingerprint density at radius 2 is 1.89 bits per heavy atom. The van der Waals surface area contributed by atoms with Gasteiger partial charge < -0.3 is 15.9 Å². The first kappa shape index (κ1) is 13.6. The number of hydrogen-bond acceptors (Lipinski definition) is 4. The van der Waals surface area contributed by atoms with Crippen molar-refractivity contribution in [3.8, 4) is 11.5 Å². The van der Waals surface area contributed by atoms with E-state index in [9.17, 15) is 10.2 Å². The largest absolute Gasteiger partial charge is 0.508 e. The Labute approximate surface area is 117 Å². The fourth-order valence-electron chi connectivity index (χ4n) is 1.79. The van der Waals surface area contributed by atoms with Crippen molar-refractivity contribution in [2.24, 2.45) is 0 Å². The zero-order valence-electron chi connectivity index (χ0n) is 10.8. The standard InChI is InChI=1S/C15H17NO2S/c1-10-8-11(2-4-13(10)16)6-7-19-15-9-12(17)3-5-14(15)18/h2-5,8-9,17-18H,6-7,16H2,1H3. The van der Waals surface area contributed by atoms with Crippen molar-refractivity contribution < 1.29 is 10.2 Å². The molecule has 0 unspecified atom stereocenters. The molecule has 0 heterocycles. The quantitative estimate of drug-likeness (QED) is 0.455. The third kappa shape index (κ3) is 3.58. The normalized spacial score (nSPS) is 10.6. The van der Waals surface area contributed by atoms with Gasteiger partial charge in [0, 0.05) is 11.4 Å². The van der Waals surface area contributed by atoms with E-state index >= 15 is 0 Å². The van der Waals surface area contributed by atoms with Gasteiger partial charge in [0.05, 0.1) is 4.90 Å². The number of aryl methyl sites for hydroxylation is 2. The molecule has 2 aromatic rings. The van der Waals surface area contributed by atoms with E-state index in [0.29, 0.717) is 4.90 Å². The van der Waals surface area contributed by atoms with Crippen LogP contribution in [0.3, 0.4) is 0 Å². The lowest BCUT2D eigenvalue weighted by Crippen LogP contribution is -1.93. The molecule has 0 saturated heterocycles. The van der Waals surface area contributed by atoms with Crippen molar-refractivity contribution in [3.05, 3.63) is 47.5 Å². The highest BCUT2D eigenvalue weighted by Gasteiger charge is 2.04. The Morgan fingerprint density at radius 1 is 1.11 bits per heavy atom. The van der Waals surface area contributed by atoms with Crippen LogP contribution in [0, 0.1) is 6.92 Å². The first-order valence-electron chi connectivity index (χ1n) is 6.06. The number of thioether (sulfide) groups is 1. The SMILES string of the molecule is Cc1cc(CCSc2cc(O)ccc2O)ccc1N. The Bertz CT molecular complexity index is 584. The minimum atomic E-state index is 0.170. The number of benzene rings is 2. The molecule has 0 aliphatic rings. The van der Waals surface area contributed by atoms with E-state index in [1.54, 1.807) is 6.07 Å². The number of hydrogen-bond donors (Lipinski definition) is 3. The molecule has 0 radical (unpaired) electrons. The third-order valence-electron chi connectivity index (χ3n) is 2.93. The minimum absolute atomic E-state index is 0.170. The number of anilines is 1. The second-order valence-corrected chi connectivity index (χ2v) is 5.58. The summed E-state index contributed by atoms with van der Waals surface area (Å²) in [6.07, 6.45) is 0.890. The summed E-state index contributed by atoms with van der Waals surface area (Å²) in [5.41, 5.74) is 8.89. The molecule has 0 amide bonds. The average molecular weight is 275 g/mol. The summed E-state index contributed by atoms with van der Waals surface area (Å²) < 4.78 is 0. The van der Waals surface area contributed by atoms with Gasteiger partial charge in [-0.1, -0.05) is 12.1 Å². The zero-order valence-corrected chi connectivity index (χ0v) is 11.6. The van der Waals surface area contributed by atoms with Gasteiger partial charge in [-0.3, -0.25) is 0 Å². The monoisotopic (exact) mass is 275 g/mol. The van der Waals surface area contributed by atoms with Gasteiger partial charge in [0.1, 0.15) is 11.5 Å². The number of nitrogens with two attached hydrogens (primary N) is 1. The molecule has 4 heteroatoms. The maximum atomic E-state index is 9.66. The highest BCUT2D eigenvalue weighted by Crippen LogP contribution is 2.31. The number of rotatable bonds is 4. The molecular formula is C15H17NO2S. The van der Waals surface area contributed by atoms with E-state index in [1.807, 2.05) is 19.1 Å². The van der Waals surface area contributed by atoms with Crippen molar-refractivity contribution in [3.63, 3.8) is 0 Å². The van der Waals surface area contributed by atoms with Crippen LogP contribution in [0.25, 0.3) is 0 Å². The molecule has 3 nitrogen and oxygen atoms in total. The van der Waals surface area contributed by atoms with E-state index < -0.39 is 0 Å². The summed E-state index contributed by atoms with van der Waals surface area (Å²) in [5.74, 6) is 1.21. The molecule has 2 rings (SSSR count). The molecule has 0 atom stereocenters. The predicted molar refractivity (Wildman–Crippen MR) is 79.8 cm³/mol. The second kappa shape index (κ2) is 5.89. The maximum Gasteiger partial charge on any atom is 0.129 e. The minimum Gasteiger partial charge on any atom is -0.508 e. The van der Waals surface area contributed by atoms with E-state index in [0.717, 1.165) is 23.4 Å². The van der Waals surface area contributed by atoms with E-state index in [4.69, 9.17) is 5.73 Å².